The highest BCUT2D eigenvalue weighted by molar-refractivity contribution is 7.89. The van der Waals surface area contributed by atoms with E-state index in [1.807, 2.05) is 0 Å². The van der Waals surface area contributed by atoms with Crippen LogP contribution in [0.4, 0.5) is 5.69 Å². The fourth-order valence-corrected chi connectivity index (χ4v) is 3.95. The molecule has 9 heteroatoms. The van der Waals surface area contributed by atoms with Gasteiger partial charge in [0.15, 0.2) is 0 Å². The molecule has 2 rings (SSSR count). The molecular formula is C16H17ClN2O4S2. The molecule has 2 aromatic carbocycles. The molecule has 0 aliphatic rings. The summed E-state index contributed by atoms with van der Waals surface area (Å²) >= 11 is 5.83. The van der Waals surface area contributed by atoms with E-state index in [0.717, 1.165) is 4.31 Å². The average Bonchev–Trinajstić information content (AvgIpc) is 2.50. The van der Waals surface area contributed by atoms with Crippen LogP contribution in [0.15, 0.2) is 53.1 Å². The molecule has 0 amide bonds. The van der Waals surface area contributed by atoms with Gasteiger partial charge in [0.05, 0.1) is 5.69 Å². The fraction of sp³-hybridized carbons (Fsp3) is 0.125. The zero-order valence-electron chi connectivity index (χ0n) is 13.5. The van der Waals surface area contributed by atoms with Crippen LogP contribution in [-0.4, -0.2) is 16.8 Å². The van der Waals surface area contributed by atoms with Crippen molar-refractivity contribution >= 4 is 44.3 Å². The molecule has 0 aromatic heterocycles. The van der Waals surface area contributed by atoms with Crippen LogP contribution in [0.25, 0.3) is 6.08 Å². The average molecular weight is 401 g/mol. The predicted molar refractivity (Wildman–Crippen MR) is 100 cm³/mol. The molecule has 0 fully saturated rings. The standard InChI is InChI=1S/C16H17ClN2O4S2/c1-11-3-8-15(16(9-11)25(18,22)23)19(24(20)21)12(2)10-13-4-6-14(17)7-5-13/h3-10,24H,1-2H3,(H2,18,22,23)/b12-10-. The Labute approximate surface area is 153 Å². The van der Waals surface area contributed by atoms with Gasteiger partial charge in [-0.25, -0.2) is 26.3 Å². The Morgan fingerprint density at radius 1 is 1.16 bits per heavy atom. The molecule has 0 aliphatic heterocycles. The summed E-state index contributed by atoms with van der Waals surface area (Å²) in [5, 5.41) is 5.80. The van der Waals surface area contributed by atoms with Crippen LogP contribution in [0.2, 0.25) is 5.02 Å². The molecule has 0 bridgehead atoms. The van der Waals surface area contributed by atoms with Gasteiger partial charge in [-0.2, -0.15) is 0 Å². The number of aryl methyl sites for hydroxylation is 1. The maximum atomic E-state index is 11.9. The third-order valence-electron chi connectivity index (χ3n) is 3.39. The van der Waals surface area contributed by atoms with Crippen LogP contribution < -0.4 is 9.44 Å². The monoisotopic (exact) mass is 400 g/mol. The topological polar surface area (TPSA) is 97.5 Å². The highest BCUT2D eigenvalue weighted by Crippen LogP contribution is 2.29. The summed E-state index contributed by atoms with van der Waals surface area (Å²) in [6, 6.07) is 11.2. The second kappa shape index (κ2) is 7.57. The number of allylic oxidation sites excluding steroid dienone is 1. The molecule has 0 aliphatic carbocycles. The van der Waals surface area contributed by atoms with Crippen LogP contribution in [0.3, 0.4) is 0 Å². The Morgan fingerprint density at radius 3 is 2.28 bits per heavy atom. The lowest BCUT2D eigenvalue weighted by Gasteiger charge is -2.21. The highest BCUT2D eigenvalue weighted by Gasteiger charge is 2.21. The van der Waals surface area contributed by atoms with Gasteiger partial charge in [-0.05, 0) is 55.3 Å². The Hall–Kier alpha value is -1.87. The predicted octanol–water partition coefficient (Wildman–Crippen LogP) is 2.69. The van der Waals surface area contributed by atoms with Crippen molar-refractivity contribution in [2.45, 2.75) is 18.7 Å². The molecule has 0 saturated carbocycles. The third kappa shape index (κ3) is 4.82. The number of anilines is 1. The van der Waals surface area contributed by atoms with E-state index < -0.39 is 20.9 Å². The van der Waals surface area contributed by atoms with Crippen molar-refractivity contribution < 1.29 is 16.8 Å². The van der Waals surface area contributed by atoms with E-state index in [9.17, 15) is 16.8 Å². The summed E-state index contributed by atoms with van der Waals surface area (Å²) in [7, 11) is -7.24. The summed E-state index contributed by atoms with van der Waals surface area (Å²) in [4.78, 5) is -0.254. The lowest BCUT2D eigenvalue weighted by atomic mass is 10.2. The number of hydrogen-bond acceptors (Lipinski definition) is 4. The number of nitrogens with two attached hydrogens (primary N) is 1. The van der Waals surface area contributed by atoms with Gasteiger partial charge in [0.1, 0.15) is 4.90 Å². The number of thiol groups is 1. The van der Waals surface area contributed by atoms with Gasteiger partial charge < -0.3 is 0 Å². The highest BCUT2D eigenvalue weighted by atomic mass is 35.5. The summed E-state index contributed by atoms with van der Waals surface area (Å²) < 4.78 is 48.3. The number of rotatable bonds is 5. The quantitative estimate of drug-likeness (QED) is 0.754. The SMILES string of the molecule is C/C(=C/c1ccc(Cl)cc1)N(c1ccc(C)cc1S(N)(=O)=O)[SH](=O)=O. The first kappa shape index (κ1) is 19.5. The summed E-state index contributed by atoms with van der Waals surface area (Å²) in [5.74, 6) is 0. The summed E-state index contributed by atoms with van der Waals surface area (Å²) in [6.45, 7) is 3.25. The second-order valence-electron chi connectivity index (χ2n) is 5.40. The Kier molecular flexibility index (Phi) is 5.89. The fourth-order valence-electron chi connectivity index (χ4n) is 2.29. The van der Waals surface area contributed by atoms with Crippen molar-refractivity contribution in [3.8, 4) is 0 Å². The first-order valence-corrected chi connectivity index (χ1v) is 10.2. The molecule has 0 radical (unpaired) electrons. The molecule has 134 valence electrons. The lowest BCUT2D eigenvalue weighted by molar-refractivity contribution is 0.598. The van der Waals surface area contributed by atoms with Gasteiger partial charge in [0.25, 0.3) is 0 Å². The normalized spacial score (nSPS) is 12.4. The minimum Gasteiger partial charge on any atom is -0.244 e. The van der Waals surface area contributed by atoms with Gasteiger partial charge in [-0.1, -0.05) is 29.8 Å². The van der Waals surface area contributed by atoms with Crippen molar-refractivity contribution in [3.05, 3.63) is 64.3 Å². The van der Waals surface area contributed by atoms with Crippen molar-refractivity contribution in [1.29, 1.82) is 0 Å². The van der Waals surface area contributed by atoms with E-state index in [0.29, 0.717) is 21.8 Å². The van der Waals surface area contributed by atoms with Crippen LogP contribution in [0.1, 0.15) is 18.1 Å². The first-order valence-electron chi connectivity index (χ1n) is 7.11. The summed E-state index contributed by atoms with van der Waals surface area (Å²) in [5.41, 5.74) is 1.65. The maximum absolute atomic E-state index is 11.9. The van der Waals surface area contributed by atoms with Gasteiger partial charge in [0.2, 0.25) is 20.9 Å². The molecule has 0 heterocycles. The first-order chi connectivity index (χ1) is 11.6. The summed E-state index contributed by atoms with van der Waals surface area (Å²) in [6.07, 6.45) is 1.61. The van der Waals surface area contributed by atoms with Gasteiger partial charge in [0, 0.05) is 10.7 Å². The largest absolute Gasteiger partial charge is 0.244 e. The molecule has 0 saturated heterocycles. The van der Waals surface area contributed by atoms with E-state index in [-0.39, 0.29) is 10.6 Å². The smallest absolute Gasteiger partial charge is 0.240 e. The number of hydrogen-bond donors (Lipinski definition) is 2. The van der Waals surface area contributed by atoms with Crippen molar-refractivity contribution in [3.63, 3.8) is 0 Å². The molecule has 0 unspecified atom stereocenters. The molecule has 25 heavy (non-hydrogen) atoms. The van der Waals surface area contributed by atoms with E-state index in [4.69, 9.17) is 16.7 Å². The molecule has 2 N–H and O–H groups in total. The van der Waals surface area contributed by atoms with Crippen molar-refractivity contribution in [2.75, 3.05) is 4.31 Å². The van der Waals surface area contributed by atoms with Crippen LogP contribution in [0.5, 0.6) is 0 Å². The Balaban J connectivity index is 2.62. The molecule has 2 aromatic rings. The van der Waals surface area contributed by atoms with E-state index in [1.165, 1.54) is 12.1 Å². The molecular weight excluding hydrogens is 384 g/mol. The van der Waals surface area contributed by atoms with E-state index in [1.54, 1.807) is 50.3 Å². The second-order valence-corrected chi connectivity index (χ2v) is 8.25. The minimum atomic E-state index is -4.10. The lowest BCUT2D eigenvalue weighted by Crippen LogP contribution is -2.23. The Morgan fingerprint density at radius 2 is 1.76 bits per heavy atom. The van der Waals surface area contributed by atoms with Crippen LogP contribution in [-0.2, 0) is 20.9 Å². The van der Waals surface area contributed by atoms with Crippen LogP contribution in [0, 0.1) is 6.92 Å². The maximum Gasteiger partial charge on any atom is 0.240 e. The van der Waals surface area contributed by atoms with Crippen LogP contribution >= 0.6 is 11.6 Å². The zero-order valence-corrected chi connectivity index (χ0v) is 16.0. The molecule has 6 nitrogen and oxygen atoms in total. The van der Waals surface area contributed by atoms with Gasteiger partial charge in [-0.3, -0.25) is 0 Å². The number of primary sulfonamides is 1. The number of halogens is 1. The number of sulfonamides is 1. The van der Waals surface area contributed by atoms with Gasteiger partial charge >= 0.3 is 0 Å². The Bertz CT molecular complexity index is 989. The minimum absolute atomic E-state index is 0.0214. The van der Waals surface area contributed by atoms with Crippen molar-refractivity contribution in [2.24, 2.45) is 5.14 Å². The molecule has 0 atom stereocenters. The van der Waals surface area contributed by atoms with Crippen molar-refractivity contribution in [1.82, 2.24) is 0 Å². The number of benzene rings is 2. The molecule has 0 spiro atoms. The number of nitrogens with zero attached hydrogens (tertiary/aromatic N) is 1. The van der Waals surface area contributed by atoms with E-state index in [2.05, 4.69) is 0 Å². The van der Waals surface area contributed by atoms with E-state index >= 15 is 0 Å². The third-order valence-corrected chi connectivity index (χ3v) is 5.44. The van der Waals surface area contributed by atoms with Gasteiger partial charge in [-0.15, -0.1) is 0 Å². The zero-order chi connectivity index (χ0) is 18.8.